The van der Waals surface area contributed by atoms with Gasteiger partial charge in [0.2, 0.25) is 0 Å². The lowest BCUT2D eigenvalue weighted by molar-refractivity contribution is -0.123. The van der Waals surface area contributed by atoms with Gasteiger partial charge < -0.3 is 9.47 Å². The van der Waals surface area contributed by atoms with E-state index >= 15 is 0 Å². The molecule has 2 heteroatoms. The number of benzene rings is 1. The molecule has 0 radical (unpaired) electrons. The van der Waals surface area contributed by atoms with E-state index in [-0.39, 0.29) is 6.29 Å². The molecule has 1 aromatic rings. The molecular weight excluding hydrogens is 344 g/mol. The lowest BCUT2D eigenvalue weighted by Gasteiger charge is -2.48. The van der Waals surface area contributed by atoms with Gasteiger partial charge in [-0.15, -0.1) is 0 Å². The molecular formula is C26H42O2. The molecule has 0 heterocycles. The van der Waals surface area contributed by atoms with Gasteiger partial charge >= 0.3 is 0 Å². The summed E-state index contributed by atoms with van der Waals surface area (Å²) >= 11 is 0. The van der Waals surface area contributed by atoms with Gasteiger partial charge in [-0.3, -0.25) is 0 Å². The SMILES string of the molecule is CCOC(CC(C)(C1CCCCC1)C1CCCCC1)Oc1ccc(CC)cc1. The fraction of sp³-hybridized carbons (Fsp3) is 0.769. The van der Waals surface area contributed by atoms with Gasteiger partial charge in [-0.05, 0) is 74.0 Å². The van der Waals surface area contributed by atoms with Crippen molar-refractivity contribution in [3.63, 3.8) is 0 Å². The highest BCUT2D eigenvalue weighted by atomic mass is 16.7. The molecule has 1 atom stereocenters. The summed E-state index contributed by atoms with van der Waals surface area (Å²) in [5.41, 5.74) is 1.69. The summed E-state index contributed by atoms with van der Waals surface area (Å²) in [6, 6.07) is 8.59. The molecule has 2 saturated carbocycles. The summed E-state index contributed by atoms with van der Waals surface area (Å²) < 4.78 is 12.6. The molecule has 2 aliphatic rings. The molecule has 0 aromatic heterocycles. The highest BCUT2D eigenvalue weighted by molar-refractivity contribution is 5.27. The molecule has 28 heavy (non-hydrogen) atoms. The van der Waals surface area contributed by atoms with Gasteiger partial charge in [0, 0.05) is 13.0 Å². The molecule has 0 N–H and O–H groups in total. The molecule has 1 aromatic carbocycles. The van der Waals surface area contributed by atoms with Crippen LogP contribution in [-0.4, -0.2) is 12.9 Å². The van der Waals surface area contributed by atoms with Crippen molar-refractivity contribution in [2.75, 3.05) is 6.61 Å². The van der Waals surface area contributed by atoms with Gasteiger partial charge in [0.15, 0.2) is 6.29 Å². The van der Waals surface area contributed by atoms with Gasteiger partial charge in [-0.2, -0.15) is 0 Å². The van der Waals surface area contributed by atoms with Gasteiger partial charge in [-0.25, -0.2) is 0 Å². The Morgan fingerprint density at radius 2 is 1.39 bits per heavy atom. The summed E-state index contributed by atoms with van der Waals surface area (Å²) in [7, 11) is 0. The smallest absolute Gasteiger partial charge is 0.200 e. The molecule has 0 saturated heterocycles. The Morgan fingerprint density at radius 3 is 1.86 bits per heavy atom. The van der Waals surface area contributed by atoms with Crippen LogP contribution in [0.1, 0.15) is 97.0 Å². The van der Waals surface area contributed by atoms with E-state index in [0.717, 1.165) is 30.4 Å². The number of hydrogen-bond acceptors (Lipinski definition) is 2. The van der Waals surface area contributed by atoms with Crippen LogP contribution in [0.5, 0.6) is 5.75 Å². The van der Waals surface area contributed by atoms with Crippen LogP contribution >= 0.6 is 0 Å². The van der Waals surface area contributed by atoms with E-state index < -0.39 is 0 Å². The maximum absolute atomic E-state index is 6.41. The minimum Gasteiger partial charge on any atom is -0.465 e. The Labute approximate surface area is 173 Å². The zero-order valence-corrected chi connectivity index (χ0v) is 18.6. The van der Waals surface area contributed by atoms with Crippen molar-refractivity contribution in [3.05, 3.63) is 29.8 Å². The second kappa shape index (κ2) is 10.7. The van der Waals surface area contributed by atoms with Crippen molar-refractivity contribution in [2.45, 2.75) is 104 Å². The topological polar surface area (TPSA) is 18.5 Å². The zero-order valence-electron chi connectivity index (χ0n) is 18.6. The van der Waals surface area contributed by atoms with Crippen molar-refractivity contribution in [2.24, 2.45) is 17.3 Å². The van der Waals surface area contributed by atoms with E-state index in [1.54, 1.807) is 0 Å². The molecule has 1 unspecified atom stereocenters. The number of aryl methyl sites for hydroxylation is 1. The van der Waals surface area contributed by atoms with E-state index in [1.165, 1.54) is 69.8 Å². The van der Waals surface area contributed by atoms with E-state index in [9.17, 15) is 0 Å². The first-order chi connectivity index (χ1) is 13.7. The summed E-state index contributed by atoms with van der Waals surface area (Å²) in [6.07, 6.45) is 16.0. The van der Waals surface area contributed by atoms with Gasteiger partial charge in [0.25, 0.3) is 0 Å². The van der Waals surface area contributed by atoms with Crippen LogP contribution in [0, 0.1) is 17.3 Å². The maximum Gasteiger partial charge on any atom is 0.200 e. The molecule has 2 aliphatic carbocycles. The van der Waals surface area contributed by atoms with Gasteiger partial charge in [0.05, 0.1) is 0 Å². The molecule has 2 nitrogen and oxygen atoms in total. The largest absolute Gasteiger partial charge is 0.465 e. The molecule has 2 fully saturated rings. The van der Waals surface area contributed by atoms with E-state index in [4.69, 9.17) is 9.47 Å². The van der Waals surface area contributed by atoms with Gasteiger partial charge in [-0.1, -0.05) is 64.5 Å². The van der Waals surface area contributed by atoms with Gasteiger partial charge in [0.1, 0.15) is 5.75 Å². The monoisotopic (exact) mass is 386 g/mol. The van der Waals surface area contributed by atoms with Crippen LogP contribution in [0.3, 0.4) is 0 Å². The second-order valence-electron chi connectivity index (χ2n) is 9.38. The average Bonchev–Trinajstić information content (AvgIpc) is 2.75. The lowest BCUT2D eigenvalue weighted by atomic mass is 9.58. The molecule has 0 spiro atoms. The fourth-order valence-corrected chi connectivity index (χ4v) is 5.83. The Bertz CT molecular complexity index is 534. The van der Waals surface area contributed by atoms with Crippen molar-refractivity contribution in [1.29, 1.82) is 0 Å². The Morgan fingerprint density at radius 1 is 0.857 bits per heavy atom. The Kier molecular flexibility index (Phi) is 8.26. The Hall–Kier alpha value is -1.02. The summed E-state index contributed by atoms with van der Waals surface area (Å²) in [4.78, 5) is 0. The average molecular weight is 387 g/mol. The minimum atomic E-state index is -0.133. The third-order valence-electron chi connectivity index (χ3n) is 7.63. The van der Waals surface area contributed by atoms with E-state index in [1.807, 2.05) is 0 Å². The first-order valence-corrected chi connectivity index (χ1v) is 12.0. The van der Waals surface area contributed by atoms with E-state index in [0.29, 0.717) is 12.0 Å². The molecule has 0 aliphatic heterocycles. The van der Waals surface area contributed by atoms with Crippen molar-refractivity contribution in [1.82, 2.24) is 0 Å². The number of rotatable bonds is 9. The fourth-order valence-electron chi connectivity index (χ4n) is 5.83. The highest BCUT2D eigenvalue weighted by Gasteiger charge is 2.43. The summed E-state index contributed by atoms with van der Waals surface area (Å²) in [6.45, 7) is 7.57. The predicted octanol–water partition coefficient (Wildman–Crippen LogP) is 7.55. The molecule has 0 bridgehead atoms. The van der Waals surface area contributed by atoms with Crippen LogP contribution in [-0.2, 0) is 11.2 Å². The first kappa shape index (κ1) is 21.7. The quantitative estimate of drug-likeness (QED) is 0.408. The van der Waals surface area contributed by atoms with Crippen LogP contribution in [0.15, 0.2) is 24.3 Å². The van der Waals surface area contributed by atoms with Crippen molar-refractivity contribution < 1.29 is 9.47 Å². The molecule has 158 valence electrons. The highest BCUT2D eigenvalue weighted by Crippen LogP contribution is 2.51. The normalized spacial score (nSPS) is 20.8. The minimum absolute atomic E-state index is 0.133. The molecule has 3 rings (SSSR count). The third-order valence-corrected chi connectivity index (χ3v) is 7.63. The van der Waals surface area contributed by atoms with Crippen LogP contribution < -0.4 is 4.74 Å². The summed E-state index contributed by atoms with van der Waals surface area (Å²) in [5.74, 6) is 2.61. The zero-order chi connectivity index (χ0) is 19.8. The van der Waals surface area contributed by atoms with Crippen LogP contribution in [0.4, 0.5) is 0 Å². The number of hydrogen-bond donors (Lipinski definition) is 0. The standard InChI is InChI=1S/C26H42O2/c1-4-21-16-18-24(19-17-21)28-25(27-5-2)20-26(3,22-12-8-6-9-13-22)23-14-10-7-11-15-23/h16-19,22-23,25H,4-15,20H2,1-3H3. The van der Waals surface area contributed by atoms with Crippen LogP contribution in [0.25, 0.3) is 0 Å². The first-order valence-electron chi connectivity index (χ1n) is 12.0. The second-order valence-corrected chi connectivity index (χ2v) is 9.38. The Balaban J connectivity index is 1.75. The molecule has 0 amide bonds. The van der Waals surface area contributed by atoms with E-state index in [2.05, 4.69) is 45.0 Å². The number of ether oxygens (including phenoxy) is 2. The lowest BCUT2D eigenvalue weighted by Crippen LogP contribution is -2.42. The predicted molar refractivity (Wildman–Crippen MR) is 118 cm³/mol. The van der Waals surface area contributed by atoms with Crippen molar-refractivity contribution >= 4 is 0 Å². The third kappa shape index (κ3) is 5.53. The van der Waals surface area contributed by atoms with Crippen LogP contribution in [0.2, 0.25) is 0 Å². The summed E-state index contributed by atoms with van der Waals surface area (Å²) in [5, 5.41) is 0. The van der Waals surface area contributed by atoms with Crippen molar-refractivity contribution in [3.8, 4) is 5.75 Å². The maximum atomic E-state index is 6.41.